The van der Waals surface area contributed by atoms with Gasteiger partial charge in [0.05, 0.1) is 11.3 Å². The maximum absolute atomic E-state index is 9.35. The van der Waals surface area contributed by atoms with Gasteiger partial charge >= 0.3 is 0 Å². The molecule has 0 aliphatic carbocycles. The van der Waals surface area contributed by atoms with Crippen LogP contribution in [0.15, 0.2) is 18.2 Å². The first-order valence-electron chi connectivity index (χ1n) is 7.43. The van der Waals surface area contributed by atoms with Gasteiger partial charge in [0.25, 0.3) is 0 Å². The number of anilines is 1. The third-order valence-electron chi connectivity index (χ3n) is 4.62. The molecular formula is C16H20ClN3. The van der Waals surface area contributed by atoms with Crippen molar-refractivity contribution in [2.24, 2.45) is 0 Å². The Morgan fingerprint density at radius 3 is 2.65 bits per heavy atom. The molecule has 0 radical (unpaired) electrons. The van der Waals surface area contributed by atoms with E-state index in [1.807, 2.05) is 12.1 Å². The van der Waals surface area contributed by atoms with Gasteiger partial charge in [-0.3, -0.25) is 0 Å². The number of rotatable bonds is 3. The molecule has 1 aromatic carbocycles. The molecule has 4 heteroatoms. The van der Waals surface area contributed by atoms with E-state index in [9.17, 15) is 5.26 Å². The van der Waals surface area contributed by atoms with Crippen molar-refractivity contribution >= 4 is 17.3 Å². The second kappa shape index (κ2) is 5.63. The quantitative estimate of drug-likeness (QED) is 0.928. The number of nitriles is 1. The van der Waals surface area contributed by atoms with Crippen molar-refractivity contribution in [3.05, 3.63) is 28.8 Å². The lowest BCUT2D eigenvalue weighted by Crippen LogP contribution is -2.48. The predicted molar refractivity (Wildman–Crippen MR) is 82.2 cm³/mol. The smallest absolute Gasteiger partial charge is 0.101 e. The van der Waals surface area contributed by atoms with Crippen LogP contribution in [0.3, 0.4) is 0 Å². The molecule has 2 saturated heterocycles. The molecule has 2 aliphatic rings. The molecule has 0 spiro atoms. The topological polar surface area (TPSA) is 39.1 Å². The van der Waals surface area contributed by atoms with Gasteiger partial charge in [-0.2, -0.15) is 5.26 Å². The first kappa shape index (κ1) is 13.7. The summed E-state index contributed by atoms with van der Waals surface area (Å²) < 4.78 is 0. The maximum atomic E-state index is 9.35. The number of benzene rings is 1. The van der Waals surface area contributed by atoms with Crippen LogP contribution in [0.4, 0.5) is 5.69 Å². The minimum Gasteiger partial charge on any atom is -0.368 e. The fraction of sp³-hybridized carbons (Fsp3) is 0.562. The summed E-state index contributed by atoms with van der Waals surface area (Å²) in [6.45, 7) is 3.10. The van der Waals surface area contributed by atoms with E-state index in [0.717, 1.165) is 12.2 Å². The van der Waals surface area contributed by atoms with Crippen LogP contribution in [0.5, 0.6) is 0 Å². The van der Waals surface area contributed by atoms with E-state index >= 15 is 0 Å². The van der Waals surface area contributed by atoms with Crippen LogP contribution in [0.1, 0.15) is 38.2 Å². The molecule has 1 N–H and O–H groups in total. The van der Waals surface area contributed by atoms with E-state index in [-0.39, 0.29) is 0 Å². The Labute approximate surface area is 125 Å². The molecule has 2 heterocycles. The van der Waals surface area contributed by atoms with Crippen LogP contribution in [0.2, 0.25) is 5.02 Å². The fourth-order valence-corrected chi connectivity index (χ4v) is 3.93. The first-order valence-corrected chi connectivity index (χ1v) is 7.81. The van der Waals surface area contributed by atoms with E-state index in [1.54, 1.807) is 6.07 Å². The third-order valence-corrected chi connectivity index (χ3v) is 4.85. The largest absolute Gasteiger partial charge is 0.368 e. The Balaban J connectivity index is 1.88. The summed E-state index contributed by atoms with van der Waals surface area (Å²) in [5, 5.41) is 13.7. The Morgan fingerprint density at radius 2 is 2.05 bits per heavy atom. The van der Waals surface area contributed by atoms with Gasteiger partial charge in [-0.15, -0.1) is 0 Å². The van der Waals surface area contributed by atoms with Crippen molar-refractivity contribution in [2.45, 2.75) is 50.7 Å². The number of piperidine rings is 1. The lowest BCUT2D eigenvalue weighted by Gasteiger charge is -2.39. The van der Waals surface area contributed by atoms with Gasteiger partial charge in [-0.1, -0.05) is 11.6 Å². The molecular weight excluding hydrogens is 270 g/mol. The van der Waals surface area contributed by atoms with Gasteiger partial charge in [0.15, 0.2) is 0 Å². The number of hydrogen-bond donors (Lipinski definition) is 1. The molecule has 1 aromatic rings. The molecule has 2 bridgehead atoms. The highest BCUT2D eigenvalue weighted by atomic mass is 35.5. The van der Waals surface area contributed by atoms with Crippen LogP contribution < -0.4 is 10.2 Å². The lowest BCUT2D eigenvalue weighted by atomic mass is 9.97. The van der Waals surface area contributed by atoms with Gasteiger partial charge in [0.1, 0.15) is 6.07 Å². The third kappa shape index (κ3) is 2.51. The summed E-state index contributed by atoms with van der Waals surface area (Å²) in [6.07, 6.45) is 4.95. The Hall–Kier alpha value is -1.24. The zero-order valence-electron chi connectivity index (χ0n) is 11.8. The van der Waals surface area contributed by atoms with Crippen LogP contribution in [-0.2, 0) is 0 Å². The van der Waals surface area contributed by atoms with E-state index in [0.29, 0.717) is 28.7 Å². The second-order valence-electron chi connectivity index (χ2n) is 5.82. The van der Waals surface area contributed by atoms with E-state index in [2.05, 4.69) is 23.2 Å². The van der Waals surface area contributed by atoms with E-state index in [4.69, 9.17) is 11.6 Å². The van der Waals surface area contributed by atoms with Gasteiger partial charge in [0, 0.05) is 29.7 Å². The zero-order chi connectivity index (χ0) is 14.1. The van der Waals surface area contributed by atoms with Crippen molar-refractivity contribution in [1.29, 1.82) is 5.26 Å². The highest BCUT2D eigenvalue weighted by molar-refractivity contribution is 6.30. The van der Waals surface area contributed by atoms with E-state index < -0.39 is 0 Å². The molecule has 0 aromatic heterocycles. The molecule has 3 rings (SSSR count). The second-order valence-corrected chi connectivity index (χ2v) is 6.26. The zero-order valence-corrected chi connectivity index (χ0v) is 12.5. The number of fused-ring (bicyclic) bond motifs is 2. The Bertz CT molecular complexity index is 525. The molecule has 2 atom stereocenters. The van der Waals surface area contributed by atoms with Crippen molar-refractivity contribution in [3.8, 4) is 6.07 Å². The summed E-state index contributed by atoms with van der Waals surface area (Å²) in [6, 6.07) is 9.79. The number of halogens is 1. The number of hydrogen-bond acceptors (Lipinski definition) is 3. The summed E-state index contributed by atoms with van der Waals surface area (Å²) in [5.41, 5.74) is 1.72. The molecule has 0 amide bonds. The average molecular weight is 290 g/mol. The van der Waals surface area contributed by atoms with E-state index in [1.165, 1.54) is 25.7 Å². The van der Waals surface area contributed by atoms with Crippen LogP contribution in [0.25, 0.3) is 0 Å². The SMILES string of the molecule is CCN(c1ccc(Cl)cc1C#N)C1CC2CCC(C1)N2. The summed E-state index contributed by atoms with van der Waals surface area (Å²) in [5.74, 6) is 0. The van der Waals surface area contributed by atoms with Crippen molar-refractivity contribution in [1.82, 2.24) is 5.32 Å². The number of nitrogens with zero attached hydrogens (tertiary/aromatic N) is 2. The molecule has 20 heavy (non-hydrogen) atoms. The van der Waals surface area contributed by atoms with Crippen molar-refractivity contribution in [3.63, 3.8) is 0 Å². The minimum absolute atomic E-state index is 0.534. The fourth-order valence-electron chi connectivity index (χ4n) is 3.76. The van der Waals surface area contributed by atoms with Gasteiger partial charge < -0.3 is 10.2 Å². The summed E-state index contributed by atoms with van der Waals surface area (Å²) in [7, 11) is 0. The molecule has 2 fully saturated rings. The lowest BCUT2D eigenvalue weighted by molar-refractivity contribution is 0.349. The van der Waals surface area contributed by atoms with Crippen molar-refractivity contribution in [2.75, 3.05) is 11.4 Å². The van der Waals surface area contributed by atoms with Crippen LogP contribution in [-0.4, -0.2) is 24.7 Å². The molecule has 3 nitrogen and oxygen atoms in total. The highest BCUT2D eigenvalue weighted by Gasteiger charge is 2.36. The summed E-state index contributed by atoms with van der Waals surface area (Å²) >= 11 is 6.01. The first-order chi connectivity index (χ1) is 9.71. The Kier molecular flexibility index (Phi) is 3.87. The number of nitrogens with one attached hydrogen (secondary N) is 1. The van der Waals surface area contributed by atoms with Gasteiger partial charge in [0.2, 0.25) is 0 Å². The van der Waals surface area contributed by atoms with Gasteiger partial charge in [-0.05, 0) is 50.8 Å². The average Bonchev–Trinajstić information content (AvgIpc) is 2.80. The maximum Gasteiger partial charge on any atom is 0.101 e. The molecule has 2 unspecified atom stereocenters. The standard InChI is InChI=1S/C16H20ClN3/c1-2-20(15-8-13-4-5-14(9-15)19-13)16-6-3-12(17)7-11(16)10-18/h3,6-7,13-15,19H,2,4-5,8-9H2,1H3. The van der Waals surface area contributed by atoms with Crippen LogP contribution in [0, 0.1) is 11.3 Å². The normalized spacial score (nSPS) is 28.1. The summed E-state index contributed by atoms with van der Waals surface area (Å²) in [4.78, 5) is 2.39. The van der Waals surface area contributed by atoms with Gasteiger partial charge in [-0.25, -0.2) is 0 Å². The molecule has 0 saturated carbocycles. The molecule has 106 valence electrons. The van der Waals surface area contributed by atoms with Crippen LogP contribution >= 0.6 is 11.6 Å². The Morgan fingerprint density at radius 1 is 1.35 bits per heavy atom. The highest BCUT2D eigenvalue weighted by Crippen LogP contribution is 2.34. The minimum atomic E-state index is 0.534. The predicted octanol–water partition coefficient (Wildman–Crippen LogP) is 3.32. The molecule has 2 aliphatic heterocycles. The monoisotopic (exact) mass is 289 g/mol. The van der Waals surface area contributed by atoms with Crippen molar-refractivity contribution < 1.29 is 0 Å².